The van der Waals surface area contributed by atoms with E-state index in [0.29, 0.717) is 25.5 Å². The summed E-state index contributed by atoms with van der Waals surface area (Å²) in [6.45, 7) is 2.10. The summed E-state index contributed by atoms with van der Waals surface area (Å²) in [6.07, 6.45) is 0.149. The second-order valence-electron chi connectivity index (χ2n) is 2.47. The van der Waals surface area contributed by atoms with E-state index in [1.807, 2.05) is 0 Å². The molecule has 4 heteroatoms. The van der Waals surface area contributed by atoms with E-state index < -0.39 is 0 Å². The molecule has 0 aliphatic carbocycles. The highest BCUT2D eigenvalue weighted by Crippen LogP contribution is 2.01. The lowest BCUT2D eigenvalue weighted by molar-refractivity contribution is -0.131. The van der Waals surface area contributed by atoms with E-state index in [-0.39, 0.29) is 11.9 Å². The lowest BCUT2D eigenvalue weighted by atomic mass is 10.1. The van der Waals surface area contributed by atoms with Gasteiger partial charge < -0.3 is 10.1 Å². The van der Waals surface area contributed by atoms with Crippen molar-refractivity contribution in [2.45, 2.75) is 12.5 Å². The van der Waals surface area contributed by atoms with Crippen LogP contribution in [0, 0.1) is 0 Å². The van der Waals surface area contributed by atoms with Crippen LogP contribution in [0.4, 0.5) is 0 Å². The van der Waals surface area contributed by atoms with Crippen molar-refractivity contribution in [3.63, 3.8) is 0 Å². The molecule has 1 unspecified atom stereocenters. The Labute approximate surface area is 71.1 Å². The first-order valence-corrected chi connectivity index (χ1v) is 4.29. The van der Waals surface area contributed by atoms with Crippen LogP contribution in [0.5, 0.6) is 0 Å². The Balaban J connectivity index is 2.27. The molecule has 1 saturated heterocycles. The molecule has 11 heavy (non-hydrogen) atoms. The Morgan fingerprint density at radius 1 is 1.73 bits per heavy atom. The summed E-state index contributed by atoms with van der Waals surface area (Å²) in [7, 11) is 0. The number of ketones is 1. The fraction of sp³-hybridized carbons (Fsp3) is 0.857. The number of hydrogen-bond acceptors (Lipinski definition) is 3. The molecule has 0 spiro atoms. The third kappa shape index (κ3) is 2.77. The number of rotatable bonds is 3. The monoisotopic (exact) mass is 177 g/mol. The van der Waals surface area contributed by atoms with Crippen molar-refractivity contribution < 1.29 is 9.53 Å². The van der Waals surface area contributed by atoms with Gasteiger partial charge in [-0.05, 0) is 0 Å². The van der Waals surface area contributed by atoms with E-state index in [9.17, 15) is 4.79 Å². The number of morpholine rings is 1. The van der Waals surface area contributed by atoms with Gasteiger partial charge in [0.1, 0.15) is 6.10 Å². The predicted octanol–water partition coefficient (Wildman–Crippen LogP) is 0.173. The molecule has 0 aromatic carbocycles. The Morgan fingerprint density at radius 2 is 2.55 bits per heavy atom. The molecule has 0 radical (unpaired) electrons. The van der Waals surface area contributed by atoms with E-state index in [1.54, 1.807) is 0 Å². The largest absolute Gasteiger partial charge is 0.368 e. The Morgan fingerprint density at radius 3 is 3.09 bits per heavy atom. The minimum atomic E-state index is -0.262. The smallest absolute Gasteiger partial charge is 0.164 e. The Kier molecular flexibility index (Phi) is 3.83. The molecule has 1 heterocycles. The SMILES string of the molecule is O=C(CCCl)C1CNCCO1. The zero-order valence-corrected chi connectivity index (χ0v) is 7.06. The van der Waals surface area contributed by atoms with Crippen molar-refractivity contribution in [1.29, 1.82) is 0 Å². The van der Waals surface area contributed by atoms with Crippen LogP contribution < -0.4 is 5.32 Å². The number of nitrogens with one attached hydrogen (secondary N) is 1. The first kappa shape index (κ1) is 8.97. The average Bonchev–Trinajstić information content (AvgIpc) is 2.07. The minimum Gasteiger partial charge on any atom is -0.368 e. The van der Waals surface area contributed by atoms with Crippen molar-refractivity contribution >= 4 is 17.4 Å². The number of hydrogen-bond donors (Lipinski definition) is 1. The quantitative estimate of drug-likeness (QED) is 0.625. The fourth-order valence-corrected chi connectivity index (χ4v) is 1.21. The number of alkyl halides is 1. The van der Waals surface area contributed by atoms with Gasteiger partial charge in [-0.3, -0.25) is 4.79 Å². The number of Topliss-reactive ketones (excluding diaryl/α,β-unsaturated/α-hetero) is 1. The second-order valence-corrected chi connectivity index (χ2v) is 2.85. The van der Waals surface area contributed by atoms with Gasteiger partial charge in [0.25, 0.3) is 0 Å². The third-order valence-corrected chi connectivity index (χ3v) is 1.82. The molecular weight excluding hydrogens is 166 g/mol. The van der Waals surface area contributed by atoms with Gasteiger partial charge in [-0.25, -0.2) is 0 Å². The maximum Gasteiger partial charge on any atom is 0.164 e. The van der Waals surface area contributed by atoms with Crippen molar-refractivity contribution in [2.24, 2.45) is 0 Å². The Hall–Kier alpha value is -0.120. The van der Waals surface area contributed by atoms with E-state index in [1.165, 1.54) is 0 Å². The van der Waals surface area contributed by atoms with Gasteiger partial charge in [0.05, 0.1) is 6.61 Å². The zero-order chi connectivity index (χ0) is 8.10. The number of ether oxygens (including phenoxy) is 1. The average molecular weight is 178 g/mol. The molecule has 1 N–H and O–H groups in total. The molecular formula is C7H12ClNO2. The van der Waals surface area contributed by atoms with Crippen LogP contribution >= 0.6 is 11.6 Å². The summed E-state index contributed by atoms with van der Waals surface area (Å²) < 4.78 is 5.22. The fourth-order valence-electron chi connectivity index (χ4n) is 1.03. The summed E-state index contributed by atoms with van der Waals surface area (Å²) in [5.41, 5.74) is 0. The van der Waals surface area contributed by atoms with Crippen LogP contribution in [-0.2, 0) is 9.53 Å². The zero-order valence-electron chi connectivity index (χ0n) is 6.31. The Bertz CT molecular complexity index is 134. The minimum absolute atomic E-state index is 0.104. The molecule has 3 nitrogen and oxygen atoms in total. The highest BCUT2D eigenvalue weighted by molar-refractivity contribution is 6.19. The highest BCUT2D eigenvalue weighted by Gasteiger charge is 2.20. The van der Waals surface area contributed by atoms with Gasteiger partial charge in [0.15, 0.2) is 5.78 Å². The van der Waals surface area contributed by atoms with Crippen molar-refractivity contribution in [2.75, 3.05) is 25.6 Å². The normalized spacial score (nSPS) is 25.0. The number of carbonyl (C=O) groups is 1. The van der Waals surface area contributed by atoms with E-state index in [0.717, 1.165) is 6.54 Å². The molecule has 0 amide bonds. The third-order valence-electron chi connectivity index (χ3n) is 1.63. The molecule has 0 aromatic rings. The van der Waals surface area contributed by atoms with Gasteiger partial charge in [-0.2, -0.15) is 0 Å². The van der Waals surface area contributed by atoms with Crippen LogP contribution in [-0.4, -0.2) is 37.5 Å². The van der Waals surface area contributed by atoms with Crippen LogP contribution in [0.25, 0.3) is 0 Å². The molecule has 1 fully saturated rings. The number of halogens is 1. The summed E-state index contributed by atoms with van der Waals surface area (Å²) in [5.74, 6) is 0.491. The summed E-state index contributed by atoms with van der Waals surface area (Å²) in [4.78, 5) is 11.1. The topological polar surface area (TPSA) is 38.3 Å². The highest BCUT2D eigenvalue weighted by atomic mass is 35.5. The maximum absolute atomic E-state index is 11.1. The standard InChI is InChI=1S/C7H12ClNO2/c8-2-1-6(10)7-5-9-3-4-11-7/h7,9H,1-5H2. The van der Waals surface area contributed by atoms with Crippen LogP contribution in [0.2, 0.25) is 0 Å². The summed E-state index contributed by atoms with van der Waals surface area (Å²) in [6, 6.07) is 0. The van der Waals surface area contributed by atoms with Crippen LogP contribution in [0.15, 0.2) is 0 Å². The molecule has 0 bridgehead atoms. The van der Waals surface area contributed by atoms with Gasteiger partial charge in [0, 0.05) is 25.4 Å². The van der Waals surface area contributed by atoms with Crippen LogP contribution in [0.3, 0.4) is 0 Å². The molecule has 1 rings (SSSR count). The van der Waals surface area contributed by atoms with Gasteiger partial charge in [-0.1, -0.05) is 0 Å². The van der Waals surface area contributed by atoms with E-state index >= 15 is 0 Å². The molecule has 0 aromatic heterocycles. The number of carbonyl (C=O) groups excluding carboxylic acids is 1. The van der Waals surface area contributed by atoms with Crippen LogP contribution in [0.1, 0.15) is 6.42 Å². The summed E-state index contributed by atoms with van der Waals surface area (Å²) >= 11 is 5.42. The van der Waals surface area contributed by atoms with Gasteiger partial charge >= 0.3 is 0 Å². The maximum atomic E-state index is 11.1. The van der Waals surface area contributed by atoms with Gasteiger partial charge in [-0.15, -0.1) is 11.6 Å². The lowest BCUT2D eigenvalue weighted by Gasteiger charge is -2.21. The van der Waals surface area contributed by atoms with E-state index in [4.69, 9.17) is 16.3 Å². The second kappa shape index (κ2) is 4.70. The molecule has 64 valence electrons. The summed E-state index contributed by atoms with van der Waals surface area (Å²) in [5, 5.41) is 3.09. The molecule has 1 atom stereocenters. The van der Waals surface area contributed by atoms with Crippen molar-refractivity contribution in [3.8, 4) is 0 Å². The van der Waals surface area contributed by atoms with Crippen molar-refractivity contribution in [1.82, 2.24) is 5.32 Å². The first-order chi connectivity index (χ1) is 5.34. The lowest BCUT2D eigenvalue weighted by Crippen LogP contribution is -2.43. The van der Waals surface area contributed by atoms with Gasteiger partial charge in [0.2, 0.25) is 0 Å². The molecule has 1 aliphatic rings. The first-order valence-electron chi connectivity index (χ1n) is 3.75. The molecule has 1 aliphatic heterocycles. The predicted molar refractivity (Wildman–Crippen MR) is 43.0 cm³/mol. The van der Waals surface area contributed by atoms with Crippen molar-refractivity contribution in [3.05, 3.63) is 0 Å². The molecule has 0 saturated carbocycles. The van der Waals surface area contributed by atoms with E-state index in [2.05, 4.69) is 5.32 Å².